The van der Waals surface area contributed by atoms with Gasteiger partial charge in [0, 0.05) is 11.8 Å². The van der Waals surface area contributed by atoms with Gasteiger partial charge in [-0.1, -0.05) is 30.3 Å². The lowest BCUT2D eigenvalue weighted by Crippen LogP contribution is -2.37. The summed E-state index contributed by atoms with van der Waals surface area (Å²) in [4.78, 5) is 15.6. The van der Waals surface area contributed by atoms with Gasteiger partial charge in [-0.15, -0.1) is 0 Å². The summed E-state index contributed by atoms with van der Waals surface area (Å²) in [6.07, 6.45) is -3.34. The molecule has 0 aliphatic rings. The number of nitrogens with zero attached hydrogens (tertiary/aromatic N) is 1. The van der Waals surface area contributed by atoms with Crippen LogP contribution >= 0.6 is 0 Å². The predicted octanol–water partition coefficient (Wildman–Crippen LogP) is 3.00. The topological polar surface area (TPSA) is 42.0 Å². The summed E-state index contributed by atoms with van der Waals surface area (Å²) >= 11 is 0. The average Bonchev–Trinajstić information content (AvgIpc) is 2.38. The molecule has 0 spiro atoms. The Morgan fingerprint density at radius 2 is 1.74 bits per heavy atom. The first-order chi connectivity index (χ1) is 8.97. The van der Waals surface area contributed by atoms with E-state index in [4.69, 9.17) is 0 Å². The van der Waals surface area contributed by atoms with Crippen molar-refractivity contribution in [3.8, 4) is 11.3 Å². The van der Waals surface area contributed by atoms with Crippen molar-refractivity contribution in [1.82, 2.24) is 10.3 Å². The standard InChI is InChI=1S/C13H9F3N2O/c14-13(15,16)18-12(19)10-7-4-8-17-11(10)9-5-2-1-3-6-9/h1-8H,(H,18,19). The number of hydrogen-bond acceptors (Lipinski definition) is 2. The maximum absolute atomic E-state index is 12.2. The fraction of sp³-hybridized carbons (Fsp3) is 0.0769. The molecule has 0 atom stereocenters. The SMILES string of the molecule is O=C(NC(F)(F)F)c1cccnc1-c1ccccc1. The third-order valence-electron chi connectivity index (χ3n) is 2.35. The van der Waals surface area contributed by atoms with E-state index in [2.05, 4.69) is 4.98 Å². The molecular weight excluding hydrogens is 257 g/mol. The number of amides is 1. The Hall–Kier alpha value is -2.37. The second kappa shape index (κ2) is 5.09. The highest BCUT2D eigenvalue weighted by molar-refractivity contribution is 5.99. The summed E-state index contributed by atoms with van der Waals surface area (Å²) in [6, 6.07) is 11.3. The van der Waals surface area contributed by atoms with Crippen LogP contribution in [0.3, 0.4) is 0 Å². The summed E-state index contributed by atoms with van der Waals surface area (Å²) in [7, 11) is 0. The quantitative estimate of drug-likeness (QED) is 0.849. The van der Waals surface area contributed by atoms with E-state index in [1.807, 2.05) is 0 Å². The van der Waals surface area contributed by atoms with E-state index < -0.39 is 12.2 Å². The molecule has 0 fully saturated rings. The minimum atomic E-state index is -4.76. The van der Waals surface area contributed by atoms with E-state index in [0.717, 1.165) is 5.32 Å². The molecule has 0 unspecified atom stereocenters. The summed E-state index contributed by atoms with van der Waals surface area (Å²) in [5, 5.41) is 0.967. The summed E-state index contributed by atoms with van der Waals surface area (Å²) in [6.45, 7) is 0. The van der Waals surface area contributed by atoms with Crippen LogP contribution < -0.4 is 5.32 Å². The number of carbonyl (C=O) groups is 1. The number of pyridine rings is 1. The summed E-state index contributed by atoms with van der Waals surface area (Å²) in [5.74, 6) is -1.22. The Kier molecular flexibility index (Phi) is 3.50. The number of hydrogen-bond donors (Lipinski definition) is 1. The Morgan fingerprint density at radius 1 is 1.05 bits per heavy atom. The van der Waals surface area contributed by atoms with Gasteiger partial charge in [0.05, 0.1) is 11.3 Å². The number of rotatable bonds is 2. The van der Waals surface area contributed by atoms with Gasteiger partial charge >= 0.3 is 6.30 Å². The fourth-order valence-electron chi connectivity index (χ4n) is 1.61. The number of halogens is 3. The Bertz CT molecular complexity index is 582. The Labute approximate surface area is 107 Å². The molecule has 0 saturated heterocycles. The fourth-order valence-corrected chi connectivity index (χ4v) is 1.61. The minimum absolute atomic E-state index is 0.119. The number of alkyl halides is 3. The Morgan fingerprint density at radius 3 is 2.37 bits per heavy atom. The van der Waals surface area contributed by atoms with Crippen LogP contribution in [0.5, 0.6) is 0 Å². The van der Waals surface area contributed by atoms with Crippen LogP contribution in [0.1, 0.15) is 10.4 Å². The monoisotopic (exact) mass is 266 g/mol. The minimum Gasteiger partial charge on any atom is -0.269 e. The van der Waals surface area contributed by atoms with Crippen LogP contribution in [0.4, 0.5) is 13.2 Å². The van der Waals surface area contributed by atoms with Crippen molar-refractivity contribution < 1.29 is 18.0 Å². The molecule has 1 N–H and O–H groups in total. The van der Waals surface area contributed by atoms with Gasteiger partial charge in [-0.3, -0.25) is 15.1 Å². The number of nitrogens with one attached hydrogen (secondary N) is 1. The maximum atomic E-state index is 12.2. The van der Waals surface area contributed by atoms with Crippen molar-refractivity contribution in [1.29, 1.82) is 0 Å². The molecule has 3 nitrogen and oxygen atoms in total. The molecule has 1 heterocycles. The van der Waals surface area contributed by atoms with Gasteiger partial charge in [0.2, 0.25) is 0 Å². The van der Waals surface area contributed by atoms with Crippen molar-refractivity contribution in [3.63, 3.8) is 0 Å². The van der Waals surface area contributed by atoms with Crippen molar-refractivity contribution in [2.75, 3.05) is 0 Å². The van der Waals surface area contributed by atoms with Gasteiger partial charge in [-0.2, -0.15) is 13.2 Å². The lowest BCUT2D eigenvalue weighted by atomic mass is 10.1. The lowest BCUT2D eigenvalue weighted by molar-refractivity contribution is -0.146. The van der Waals surface area contributed by atoms with Gasteiger partial charge in [0.1, 0.15) is 0 Å². The van der Waals surface area contributed by atoms with Gasteiger partial charge in [-0.25, -0.2) is 0 Å². The largest absolute Gasteiger partial charge is 0.484 e. The van der Waals surface area contributed by atoms with Crippen LogP contribution in [0.2, 0.25) is 0 Å². The molecule has 0 aliphatic carbocycles. The first kappa shape index (κ1) is 13.1. The first-order valence-electron chi connectivity index (χ1n) is 5.37. The third kappa shape index (κ3) is 3.31. The van der Waals surface area contributed by atoms with Gasteiger partial charge in [-0.05, 0) is 12.1 Å². The van der Waals surface area contributed by atoms with Crippen LogP contribution in [-0.4, -0.2) is 17.2 Å². The molecule has 6 heteroatoms. The lowest BCUT2D eigenvalue weighted by Gasteiger charge is -2.11. The highest BCUT2D eigenvalue weighted by Gasteiger charge is 2.31. The van der Waals surface area contributed by atoms with E-state index in [1.165, 1.54) is 18.3 Å². The van der Waals surface area contributed by atoms with E-state index in [0.29, 0.717) is 5.56 Å². The van der Waals surface area contributed by atoms with Gasteiger partial charge in [0.25, 0.3) is 5.91 Å². The molecule has 0 radical (unpaired) electrons. The Balaban J connectivity index is 2.40. The highest BCUT2D eigenvalue weighted by Crippen LogP contribution is 2.21. The zero-order valence-corrected chi connectivity index (χ0v) is 9.61. The molecule has 0 bridgehead atoms. The van der Waals surface area contributed by atoms with Gasteiger partial charge < -0.3 is 0 Å². The molecule has 19 heavy (non-hydrogen) atoms. The second-order valence-corrected chi connectivity index (χ2v) is 3.72. The number of aromatic nitrogens is 1. The molecule has 2 aromatic rings. The predicted molar refractivity (Wildman–Crippen MR) is 63.2 cm³/mol. The maximum Gasteiger partial charge on any atom is 0.484 e. The molecule has 1 amide bonds. The van der Waals surface area contributed by atoms with Crippen LogP contribution in [0.15, 0.2) is 48.7 Å². The molecule has 0 saturated carbocycles. The van der Waals surface area contributed by atoms with Crippen molar-refractivity contribution in [2.24, 2.45) is 0 Å². The van der Waals surface area contributed by atoms with Crippen LogP contribution in [-0.2, 0) is 0 Å². The normalized spacial score (nSPS) is 11.1. The van der Waals surface area contributed by atoms with E-state index in [1.54, 1.807) is 30.3 Å². The highest BCUT2D eigenvalue weighted by atomic mass is 19.4. The zero-order valence-electron chi connectivity index (χ0n) is 9.61. The van der Waals surface area contributed by atoms with Crippen molar-refractivity contribution in [3.05, 3.63) is 54.2 Å². The van der Waals surface area contributed by atoms with Crippen LogP contribution in [0.25, 0.3) is 11.3 Å². The van der Waals surface area contributed by atoms with Gasteiger partial charge in [0.15, 0.2) is 0 Å². The van der Waals surface area contributed by atoms with E-state index in [-0.39, 0.29) is 11.3 Å². The molecule has 2 rings (SSSR count). The van der Waals surface area contributed by atoms with Crippen LogP contribution in [0, 0.1) is 0 Å². The average molecular weight is 266 g/mol. The molecule has 1 aromatic heterocycles. The number of benzene rings is 1. The number of carbonyl (C=O) groups excluding carboxylic acids is 1. The molecular formula is C13H9F3N2O. The van der Waals surface area contributed by atoms with E-state index >= 15 is 0 Å². The zero-order chi connectivity index (χ0) is 13.9. The second-order valence-electron chi connectivity index (χ2n) is 3.72. The van der Waals surface area contributed by atoms with Crippen molar-refractivity contribution >= 4 is 5.91 Å². The molecule has 1 aromatic carbocycles. The van der Waals surface area contributed by atoms with Crippen molar-refractivity contribution in [2.45, 2.75) is 6.30 Å². The molecule has 0 aliphatic heterocycles. The summed E-state index contributed by atoms with van der Waals surface area (Å²) < 4.78 is 36.5. The first-order valence-corrected chi connectivity index (χ1v) is 5.37. The smallest absolute Gasteiger partial charge is 0.269 e. The van der Waals surface area contributed by atoms with E-state index in [9.17, 15) is 18.0 Å². The molecule has 98 valence electrons. The third-order valence-corrected chi connectivity index (χ3v) is 2.35. The summed E-state index contributed by atoms with van der Waals surface area (Å²) in [5.41, 5.74) is 0.672.